The molecule has 1 atom stereocenters. The SMILES string of the molecule is C[C@H]1C(=O)NCCCN1C(=O)c1cnc(Oc2ccccc2)cn1. The van der Waals surface area contributed by atoms with Crippen LogP contribution in [0.15, 0.2) is 42.7 Å². The largest absolute Gasteiger partial charge is 0.438 e. The summed E-state index contributed by atoms with van der Waals surface area (Å²) < 4.78 is 5.55. The van der Waals surface area contributed by atoms with Gasteiger partial charge in [-0.25, -0.2) is 9.97 Å². The quantitative estimate of drug-likeness (QED) is 0.926. The molecule has 1 N–H and O–H groups in total. The van der Waals surface area contributed by atoms with Crippen molar-refractivity contribution in [2.45, 2.75) is 19.4 Å². The van der Waals surface area contributed by atoms with Crippen molar-refractivity contribution in [1.82, 2.24) is 20.2 Å². The molecule has 124 valence electrons. The summed E-state index contributed by atoms with van der Waals surface area (Å²) in [6, 6.07) is 8.68. The Labute approximate surface area is 139 Å². The number of amides is 2. The average Bonchev–Trinajstić information content (AvgIpc) is 2.78. The number of benzene rings is 1. The molecule has 0 saturated carbocycles. The van der Waals surface area contributed by atoms with E-state index in [1.807, 2.05) is 18.2 Å². The Kier molecular flexibility index (Phi) is 4.69. The van der Waals surface area contributed by atoms with Crippen LogP contribution in [0.1, 0.15) is 23.8 Å². The fraction of sp³-hybridized carbons (Fsp3) is 0.294. The van der Waals surface area contributed by atoms with Gasteiger partial charge in [0.05, 0.1) is 12.4 Å². The minimum Gasteiger partial charge on any atom is -0.438 e. The standard InChI is InChI=1S/C17H18N4O3/c1-12-16(22)18-8-5-9-21(12)17(23)14-10-20-15(11-19-14)24-13-6-3-2-4-7-13/h2-4,6-7,10-12H,5,8-9H2,1H3,(H,18,22)/t12-/m0/s1. The lowest BCUT2D eigenvalue weighted by Gasteiger charge is -2.24. The first-order valence-corrected chi connectivity index (χ1v) is 7.79. The van der Waals surface area contributed by atoms with Crippen molar-refractivity contribution < 1.29 is 14.3 Å². The zero-order valence-electron chi connectivity index (χ0n) is 13.3. The lowest BCUT2D eigenvalue weighted by molar-refractivity contribution is -0.124. The van der Waals surface area contributed by atoms with E-state index >= 15 is 0 Å². The van der Waals surface area contributed by atoms with Crippen LogP contribution < -0.4 is 10.1 Å². The topological polar surface area (TPSA) is 84.4 Å². The Morgan fingerprint density at radius 1 is 1.25 bits per heavy atom. The minimum absolute atomic E-state index is 0.155. The molecule has 2 aromatic rings. The van der Waals surface area contributed by atoms with Gasteiger partial charge in [0.1, 0.15) is 17.5 Å². The highest BCUT2D eigenvalue weighted by Crippen LogP contribution is 2.18. The van der Waals surface area contributed by atoms with Crippen molar-refractivity contribution >= 4 is 11.8 Å². The van der Waals surface area contributed by atoms with Gasteiger partial charge in [-0.2, -0.15) is 0 Å². The van der Waals surface area contributed by atoms with E-state index in [9.17, 15) is 9.59 Å². The Balaban J connectivity index is 1.72. The molecule has 7 nitrogen and oxygen atoms in total. The Morgan fingerprint density at radius 2 is 2.04 bits per heavy atom. The number of carbonyl (C=O) groups excluding carboxylic acids is 2. The normalized spacial score (nSPS) is 17.8. The molecule has 0 spiro atoms. The molecule has 1 aromatic carbocycles. The van der Waals surface area contributed by atoms with Crippen molar-refractivity contribution in [3.63, 3.8) is 0 Å². The molecular weight excluding hydrogens is 308 g/mol. The van der Waals surface area contributed by atoms with Crippen molar-refractivity contribution in [2.75, 3.05) is 13.1 Å². The van der Waals surface area contributed by atoms with Crippen LogP contribution in [0.2, 0.25) is 0 Å². The van der Waals surface area contributed by atoms with Crippen LogP contribution in [-0.2, 0) is 4.79 Å². The maximum Gasteiger partial charge on any atom is 0.274 e. The van der Waals surface area contributed by atoms with Gasteiger partial charge in [0.15, 0.2) is 0 Å². The van der Waals surface area contributed by atoms with Crippen LogP contribution in [0.4, 0.5) is 0 Å². The predicted molar refractivity (Wildman–Crippen MR) is 86.7 cm³/mol. The van der Waals surface area contributed by atoms with E-state index in [0.717, 1.165) is 0 Å². The van der Waals surface area contributed by atoms with Gasteiger partial charge in [0.25, 0.3) is 5.91 Å². The molecule has 1 saturated heterocycles. The summed E-state index contributed by atoms with van der Waals surface area (Å²) in [7, 11) is 0. The monoisotopic (exact) mass is 326 g/mol. The summed E-state index contributed by atoms with van der Waals surface area (Å²) in [5.74, 6) is 0.485. The highest BCUT2D eigenvalue weighted by molar-refractivity contribution is 5.96. The van der Waals surface area contributed by atoms with E-state index in [-0.39, 0.29) is 17.5 Å². The van der Waals surface area contributed by atoms with E-state index < -0.39 is 6.04 Å². The average molecular weight is 326 g/mol. The third-order valence-corrected chi connectivity index (χ3v) is 3.80. The van der Waals surface area contributed by atoms with Gasteiger partial charge < -0.3 is 15.0 Å². The van der Waals surface area contributed by atoms with Crippen molar-refractivity contribution in [1.29, 1.82) is 0 Å². The second kappa shape index (κ2) is 7.08. The number of ether oxygens (including phenoxy) is 1. The third-order valence-electron chi connectivity index (χ3n) is 3.80. The number of carbonyl (C=O) groups is 2. The van der Waals surface area contributed by atoms with Gasteiger partial charge in [-0.3, -0.25) is 9.59 Å². The van der Waals surface area contributed by atoms with Crippen LogP contribution in [0.25, 0.3) is 0 Å². The van der Waals surface area contributed by atoms with Gasteiger partial charge in [-0.1, -0.05) is 18.2 Å². The molecule has 3 rings (SSSR count). The van der Waals surface area contributed by atoms with Crippen LogP contribution in [0.5, 0.6) is 11.6 Å². The molecule has 0 radical (unpaired) electrons. The molecule has 0 unspecified atom stereocenters. The zero-order chi connectivity index (χ0) is 16.9. The zero-order valence-corrected chi connectivity index (χ0v) is 13.3. The number of nitrogens with one attached hydrogen (secondary N) is 1. The molecule has 1 aromatic heterocycles. The van der Waals surface area contributed by atoms with Crippen LogP contribution in [0, 0.1) is 0 Å². The number of hydrogen-bond donors (Lipinski definition) is 1. The lowest BCUT2D eigenvalue weighted by Crippen LogP contribution is -2.45. The molecule has 1 fully saturated rings. The predicted octanol–water partition coefficient (Wildman–Crippen LogP) is 1.62. The minimum atomic E-state index is -0.526. The van der Waals surface area contributed by atoms with Gasteiger partial charge in [0.2, 0.25) is 11.8 Å². The highest BCUT2D eigenvalue weighted by Gasteiger charge is 2.29. The highest BCUT2D eigenvalue weighted by atomic mass is 16.5. The van der Waals surface area contributed by atoms with Crippen molar-refractivity contribution in [2.24, 2.45) is 0 Å². The summed E-state index contributed by atoms with van der Waals surface area (Å²) in [5, 5.41) is 2.78. The van der Waals surface area contributed by atoms with Crippen LogP contribution in [0.3, 0.4) is 0 Å². The van der Waals surface area contributed by atoms with E-state index in [1.54, 1.807) is 19.1 Å². The number of rotatable bonds is 3. The van der Waals surface area contributed by atoms with Crippen molar-refractivity contribution in [3.8, 4) is 11.6 Å². The third kappa shape index (κ3) is 3.51. The number of hydrogen-bond acceptors (Lipinski definition) is 5. The first-order chi connectivity index (χ1) is 11.6. The van der Waals surface area contributed by atoms with Gasteiger partial charge in [0, 0.05) is 13.1 Å². The number of para-hydroxylation sites is 1. The molecular formula is C17H18N4O3. The fourth-order valence-electron chi connectivity index (χ4n) is 2.46. The van der Waals surface area contributed by atoms with Crippen molar-refractivity contribution in [3.05, 3.63) is 48.4 Å². The van der Waals surface area contributed by atoms with Gasteiger partial charge >= 0.3 is 0 Å². The van der Waals surface area contributed by atoms with Gasteiger partial charge in [-0.05, 0) is 25.5 Å². The maximum atomic E-state index is 12.6. The molecule has 0 bridgehead atoms. The number of aromatic nitrogens is 2. The number of nitrogens with zero attached hydrogens (tertiary/aromatic N) is 3. The molecule has 1 aliphatic heterocycles. The molecule has 2 amide bonds. The van der Waals surface area contributed by atoms with Gasteiger partial charge in [-0.15, -0.1) is 0 Å². The Morgan fingerprint density at radius 3 is 2.75 bits per heavy atom. The van der Waals surface area contributed by atoms with E-state index in [0.29, 0.717) is 31.1 Å². The first-order valence-electron chi connectivity index (χ1n) is 7.79. The van der Waals surface area contributed by atoms with Crippen LogP contribution >= 0.6 is 0 Å². The summed E-state index contributed by atoms with van der Waals surface area (Å²) in [5.41, 5.74) is 0.192. The van der Waals surface area contributed by atoms with Crippen LogP contribution in [-0.4, -0.2) is 45.8 Å². The van der Waals surface area contributed by atoms with E-state index in [4.69, 9.17) is 4.74 Å². The molecule has 24 heavy (non-hydrogen) atoms. The summed E-state index contributed by atoms with van der Waals surface area (Å²) in [4.78, 5) is 34.2. The second-order valence-corrected chi connectivity index (χ2v) is 5.47. The summed E-state index contributed by atoms with van der Waals surface area (Å²) in [6.07, 6.45) is 3.49. The molecule has 2 heterocycles. The Hall–Kier alpha value is -2.96. The first kappa shape index (κ1) is 15.9. The summed E-state index contributed by atoms with van der Waals surface area (Å²) >= 11 is 0. The lowest BCUT2D eigenvalue weighted by atomic mass is 10.2. The molecule has 7 heteroatoms. The molecule has 1 aliphatic rings. The smallest absolute Gasteiger partial charge is 0.274 e. The maximum absolute atomic E-state index is 12.6. The second-order valence-electron chi connectivity index (χ2n) is 5.47. The van der Waals surface area contributed by atoms with E-state index in [2.05, 4.69) is 15.3 Å². The Bertz CT molecular complexity index is 718. The fourth-order valence-corrected chi connectivity index (χ4v) is 2.46. The molecule has 0 aliphatic carbocycles. The van der Waals surface area contributed by atoms with E-state index in [1.165, 1.54) is 17.3 Å². The summed E-state index contributed by atoms with van der Waals surface area (Å²) in [6.45, 7) is 2.78.